The van der Waals surface area contributed by atoms with Crippen LogP contribution in [0.3, 0.4) is 0 Å². The molecule has 0 spiro atoms. The number of ketones is 1. The average molecular weight is 830 g/mol. The van der Waals surface area contributed by atoms with Gasteiger partial charge in [0, 0.05) is 72.2 Å². The Hall–Kier alpha value is -5.62. The molecule has 1 atom stereocenters. The number of benzene rings is 2. The number of fused-ring (bicyclic) bond motifs is 2. The van der Waals surface area contributed by atoms with Crippen LogP contribution in [0.5, 0.6) is 23.0 Å². The lowest BCUT2D eigenvalue weighted by Crippen LogP contribution is -2.50. The van der Waals surface area contributed by atoms with Gasteiger partial charge in [-0.05, 0) is 31.0 Å². The van der Waals surface area contributed by atoms with Crippen molar-refractivity contribution in [3.63, 3.8) is 0 Å². The topological polar surface area (TPSA) is 178 Å². The fourth-order valence-electron chi connectivity index (χ4n) is 6.69. The van der Waals surface area contributed by atoms with E-state index in [9.17, 15) is 33.9 Å². The van der Waals surface area contributed by atoms with E-state index in [0.717, 1.165) is 16.2 Å². The van der Waals surface area contributed by atoms with E-state index in [1.54, 1.807) is 19.1 Å². The molecule has 3 heterocycles. The van der Waals surface area contributed by atoms with Gasteiger partial charge in [0.05, 0.1) is 65.9 Å². The minimum absolute atomic E-state index is 0.0529. The zero-order valence-electron chi connectivity index (χ0n) is 32.9. The summed E-state index contributed by atoms with van der Waals surface area (Å²) >= 11 is 1.04. The summed E-state index contributed by atoms with van der Waals surface area (Å²) in [6.07, 6.45) is 1.06. The van der Waals surface area contributed by atoms with Crippen molar-refractivity contribution >= 4 is 56.9 Å². The number of aliphatic carboxylic acids is 1. The van der Waals surface area contributed by atoms with Gasteiger partial charge in [0.2, 0.25) is 5.91 Å². The molecule has 0 N–H and O–H groups in total. The Morgan fingerprint density at radius 3 is 2.16 bits per heavy atom. The molecule has 0 bridgehead atoms. The van der Waals surface area contributed by atoms with E-state index >= 15 is 8.78 Å². The highest BCUT2D eigenvalue weighted by Gasteiger charge is 2.31. The van der Waals surface area contributed by atoms with E-state index in [-0.39, 0.29) is 115 Å². The molecule has 0 radical (unpaired) electrons. The van der Waals surface area contributed by atoms with Crippen LogP contribution in [0.4, 0.5) is 8.78 Å². The van der Waals surface area contributed by atoms with Crippen molar-refractivity contribution in [1.29, 1.82) is 0 Å². The molecule has 15 nitrogen and oxygen atoms in total. The molecular formula is C40H45F2N3O12S. The number of amides is 3. The second kappa shape index (κ2) is 18.8. The van der Waals surface area contributed by atoms with Crippen LogP contribution in [0.1, 0.15) is 59.8 Å². The van der Waals surface area contributed by atoms with Crippen molar-refractivity contribution in [3.05, 3.63) is 58.0 Å². The number of nitrogens with zero attached hydrogens (tertiary/aromatic N) is 3. The first-order valence-electron chi connectivity index (χ1n) is 18.5. The monoisotopic (exact) mass is 829 g/mol. The Morgan fingerprint density at radius 1 is 0.879 bits per heavy atom. The number of Topliss-reactive ketones (excluding diaryl/α,β-unsaturated/α-hetero) is 1. The van der Waals surface area contributed by atoms with Crippen LogP contribution in [-0.2, 0) is 41.8 Å². The molecule has 58 heavy (non-hydrogen) atoms. The zero-order valence-corrected chi connectivity index (χ0v) is 33.7. The normalized spacial score (nSPS) is 14.2. The number of ether oxygens (including phenoxy) is 5. The lowest BCUT2D eigenvalue weighted by molar-refractivity contribution is -0.892. The SMILES string of the molecule is COc1cc2c(c(F)c1OCCCOc1c(OC)cc3sc(C(=O)CCC(=O)O[C@@H](C)C[N+](C)(C)CCN4C(=O)C=CC4=O)cc3c1F)CN(C(=O)CCC(=O)[O-])C2. The van der Waals surface area contributed by atoms with E-state index < -0.39 is 42.0 Å². The lowest BCUT2D eigenvalue weighted by Gasteiger charge is -2.33. The van der Waals surface area contributed by atoms with Crippen LogP contribution >= 0.6 is 11.3 Å². The molecule has 1 aromatic heterocycles. The summed E-state index contributed by atoms with van der Waals surface area (Å²) in [5, 5.41) is 10.9. The van der Waals surface area contributed by atoms with E-state index in [1.165, 1.54) is 37.3 Å². The maximum absolute atomic E-state index is 15.8. The van der Waals surface area contributed by atoms with Crippen molar-refractivity contribution in [2.24, 2.45) is 0 Å². The Balaban J connectivity index is 1.11. The number of methoxy groups -OCH3 is 2. The Kier molecular flexibility index (Phi) is 14.1. The number of carbonyl (C=O) groups is 6. The second-order valence-corrected chi connectivity index (χ2v) is 15.6. The second-order valence-electron chi connectivity index (χ2n) is 14.5. The first-order valence-corrected chi connectivity index (χ1v) is 19.3. The highest BCUT2D eigenvalue weighted by molar-refractivity contribution is 7.20. The van der Waals surface area contributed by atoms with Gasteiger partial charge in [0.1, 0.15) is 12.6 Å². The maximum atomic E-state index is 15.8. The molecule has 312 valence electrons. The Bertz CT molecular complexity index is 2120. The van der Waals surface area contributed by atoms with Crippen molar-refractivity contribution in [1.82, 2.24) is 9.80 Å². The predicted octanol–water partition coefficient (Wildman–Crippen LogP) is 3.31. The Labute approximate surface area is 337 Å². The summed E-state index contributed by atoms with van der Waals surface area (Å²) in [6.45, 7) is 2.71. The standard InChI is InChI=1S/C40H45F2N3O12S/c1-23(22-45(2,3)14-13-44-33(48)8-9-34(44)49)57-36(52)12-7-27(46)31-18-25-30(58-31)19-29(54-5)40(37(25)41)56-16-6-15-55-39-28(53-4)17-24-20-43(21-26(24)38(39)42)32(47)10-11-35(50)51/h8-9,17-19,23H,6-7,10-16,20-22H2,1-5H3/t23-/m0/s1. The molecule has 5 rings (SSSR count). The molecule has 0 saturated heterocycles. The van der Waals surface area contributed by atoms with Gasteiger partial charge < -0.3 is 43.0 Å². The minimum Gasteiger partial charge on any atom is -0.550 e. The van der Waals surface area contributed by atoms with Gasteiger partial charge in [-0.2, -0.15) is 0 Å². The number of rotatable bonds is 21. The molecule has 2 aliphatic heterocycles. The number of thiophene rings is 1. The fraction of sp³-hybridized carbons (Fsp3) is 0.450. The van der Waals surface area contributed by atoms with Gasteiger partial charge in [-0.25, -0.2) is 8.78 Å². The van der Waals surface area contributed by atoms with E-state index in [0.29, 0.717) is 27.8 Å². The molecule has 2 aromatic carbocycles. The van der Waals surface area contributed by atoms with Gasteiger partial charge in [0.15, 0.2) is 40.4 Å². The van der Waals surface area contributed by atoms with Crippen molar-refractivity contribution in [2.45, 2.75) is 58.2 Å². The molecule has 18 heteroatoms. The summed E-state index contributed by atoms with van der Waals surface area (Å²) in [4.78, 5) is 75.3. The molecule has 3 aromatic rings. The van der Waals surface area contributed by atoms with Crippen LogP contribution in [0, 0.1) is 11.6 Å². The largest absolute Gasteiger partial charge is 0.550 e. The third-order valence-corrected chi connectivity index (χ3v) is 10.8. The quantitative estimate of drug-likeness (QED) is 0.0504. The number of carbonyl (C=O) groups excluding carboxylic acids is 6. The number of hydrogen-bond acceptors (Lipinski definition) is 13. The predicted molar refractivity (Wildman–Crippen MR) is 202 cm³/mol. The van der Waals surface area contributed by atoms with Gasteiger partial charge in [0.25, 0.3) is 11.8 Å². The maximum Gasteiger partial charge on any atom is 0.306 e. The fourth-order valence-corrected chi connectivity index (χ4v) is 7.74. The molecule has 0 saturated carbocycles. The summed E-state index contributed by atoms with van der Waals surface area (Å²) in [6, 6.07) is 4.51. The molecule has 3 amide bonds. The zero-order chi connectivity index (χ0) is 42.3. The van der Waals surface area contributed by atoms with Crippen molar-refractivity contribution in [2.75, 3.05) is 61.2 Å². The van der Waals surface area contributed by atoms with E-state index in [4.69, 9.17) is 23.7 Å². The Morgan fingerprint density at radius 2 is 1.52 bits per heavy atom. The number of carboxylic acid groups (broad SMARTS) is 1. The number of likely N-dealkylation sites (N-methyl/N-ethyl adjacent to an activating group) is 1. The van der Waals surface area contributed by atoms with E-state index in [2.05, 4.69) is 0 Å². The van der Waals surface area contributed by atoms with Crippen molar-refractivity contribution in [3.8, 4) is 23.0 Å². The smallest absolute Gasteiger partial charge is 0.306 e. The molecular weight excluding hydrogens is 785 g/mol. The highest BCUT2D eigenvalue weighted by Crippen LogP contribution is 2.41. The summed E-state index contributed by atoms with van der Waals surface area (Å²) < 4.78 is 59.9. The number of halogens is 2. The third kappa shape index (κ3) is 10.5. The average Bonchev–Trinajstić information content (AvgIpc) is 3.89. The van der Waals surface area contributed by atoms with Crippen molar-refractivity contribution < 1.29 is 70.8 Å². The molecule has 0 unspecified atom stereocenters. The van der Waals surface area contributed by atoms with Gasteiger partial charge in [-0.1, -0.05) is 0 Å². The van der Waals surface area contributed by atoms with Gasteiger partial charge in [-0.15, -0.1) is 11.3 Å². The molecule has 0 aliphatic carbocycles. The van der Waals surface area contributed by atoms with Crippen LogP contribution in [0.25, 0.3) is 10.1 Å². The molecule has 0 fully saturated rings. The number of esters is 1. The third-order valence-electron chi connectivity index (χ3n) is 9.64. The number of quaternary nitrogens is 1. The minimum atomic E-state index is -1.35. The van der Waals surface area contributed by atoms with E-state index in [1.807, 2.05) is 14.1 Å². The van der Waals surface area contributed by atoms with Gasteiger partial charge >= 0.3 is 5.97 Å². The number of imide groups is 1. The highest BCUT2D eigenvalue weighted by atomic mass is 32.1. The van der Waals surface area contributed by atoms with Crippen LogP contribution in [-0.4, -0.2) is 117 Å². The summed E-state index contributed by atoms with van der Waals surface area (Å²) in [5.74, 6) is -5.10. The summed E-state index contributed by atoms with van der Waals surface area (Å²) in [7, 11) is 6.46. The van der Waals surface area contributed by atoms with Crippen LogP contribution in [0.15, 0.2) is 30.4 Å². The first kappa shape index (κ1) is 43.5. The van der Waals surface area contributed by atoms with Crippen LogP contribution in [0.2, 0.25) is 0 Å². The number of carboxylic acids is 1. The molecule has 2 aliphatic rings. The van der Waals surface area contributed by atoms with Gasteiger partial charge in [-0.3, -0.25) is 28.9 Å². The lowest BCUT2D eigenvalue weighted by atomic mass is 10.1. The summed E-state index contributed by atoms with van der Waals surface area (Å²) in [5.41, 5.74) is 0.741. The number of hydrogen-bond donors (Lipinski definition) is 0. The van der Waals surface area contributed by atoms with Crippen LogP contribution < -0.4 is 24.1 Å². The first-order chi connectivity index (χ1) is 27.5.